The van der Waals surface area contributed by atoms with Crippen molar-refractivity contribution in [3.63, 3.8) is 0 Å². The highest BCUT2D eigenvalue weighted by atomic mass is 16.4. The average Bonchev–Trinajstić information content (AvgIpc) is 2.83. The molecule has 3 N–H and O–H groups in total. The summed E-state index contributed by atoms with van der Waals surface area (Å²) in [5.41, 5.74) is 3.27. The van der Waals surface area contributed by atoms with Crippen LogP contribution < -0.4 is 21.1 Å². The van der Waals surface area contributed by atoms with Crippen LogP contribution >= 0.6 is 0 Å². The topological polar surface area (TPSA) is 134 Å². The van der Waals surface area contributed by atoms with Crippen LogP contribution in [0.3, 0.4) is 0 Å². The van der Waals surface area contributed by atoms with Crippen molar-refractivity contribution in [2.24, 2.45) is 0 Å². The number of hydrogen-bond acceptors (Lipinski definition) is 5. The quantitative estimate of drug-likeness (QED) is 0.433. The lowest BCUT2D eigenvalue weighted by atomic mass is 10.1. The molecule has 3 aromatic rings. The molecule has 182 valence electrons. The van der Waals surface area contributed by atoms with Gasteiger partial charge in [-0.15, -0.1) is 0 Å². The van der Waals surface area contributed by atoms with Gasteiger partial charge in [0.25, 0.3) is 5.56 Å². The van der Waals surface area contributed by atoms with Crippen molar-refractivity contribution in [1.82, 2.24) is 20.4 Å². The Balaban J connectivity index is 1.72. The maximum atomic E-state index is 12.4. The molecule has 0 unspecified atom stereocenters. The molecular weight excluding hydrogens is 450 g/mol. The minimum atomic E-state index is -1.04. The predicted octanol–water partition coefficient (Wildman–Crippen LogP) is 2.22. The lowest BCUT2D eigenvalue weighted by Gasteiger charge is -2.18. The van der Waals surface area contributed by atoms with E-state index in [0.717, 1.165) is 16.7 Å². The largest absolute Gasteiger partial charge is 0.465 e. The molecule has 3 amide bonds. The van der Waals surface area contributed by atoms with Crippen LogP contribution in [0.2, 0.25) is 0 Å². The molecule has 2 aromatic carbocycles. The third kappa shape index (κ3) is 7.00. The molecule has 0 spiro atoms. The number of nitrogens with one attached hydrogen (secondary N) is 2. The molecule has 1 aromatic heterocycles. The molecule has 0 bridgehead atoms. The van der Waals surface area contributed by atoms with Crippen molar-refractivity contribution in [3.05, 3.63) is 82.1 Å². The van der Waals surface area contributed by atoms with Gasteiger partial charge >= 0.3 is 6.09 Å². The zero-order valence-corrected chi connectivity index (χ0v) is 19.5. The van der Waals surface area contributed by atoms with E-state index in [1.165, 1.54) is 22.6 Å². The second kappa shape index (κ2) is 11.6. The lowest BCUT2D eigenvalue weighted by molar-refractivity contribution is -0.125. The number of benzene rings is 2. The maximum absolute atomic E-state index is 12.4. The fourth-order valence-electron chi connectivity index (χ4n) is 3.40. The molecule has 0 aliphatic rings. The normalized spacial score (nSPS) is 10.5. The van der Waals surface area contributed by atoms with E-state index < -0.39 is 6.09 Å². The molecule has 1 heterocycles. The van der Waals surface area contributed by atoms with Gasteiger partial charge in [-0.1, -0.05) is 36.4 Å². The van der Waals surface area contributed by atoms with E-state index in [2.05, 4.69) is 15.7 Å². The smallest absolute Gasteiger partial charge is 0.411 e. The van der Waals surface area contributed by atoms with Crippen LogP contribution in [-0.2, 0) is 22.7 Å². The van der Waals surface area contributed by atoms with E-state index in [0.29, 0.717) is 24.5 Å². The van der Waals surface area contributed by atoms with Gasteiger partial charge in [0.2, 0.25) is 11.8 Å². The SMILES string of the molecule is CCN(C(=O)O)c1cccc(Cn2nc(-c3ccc(CNC(=O)CNC(C)=O)cc3)ccc2=O)c1. The van der Waals surface area contributed by atoms with Gasteiger partial charge in [0.1, 0.15) is 0 Å². The van der Waals surface area contributed by atoms with Crippen LogP contribution in [0.15, 0.2) is 65.5 Å². The van der Waals surface area contributed by atoms with E-state index in [-0.39, 0.29) is 30.5 Å². The maximum Gasteiger partial charge on any atom is 0.411 e. The average molecular weight is 478 g/mol. The summed E-state index contributed by atoms with van der Waals surface area (Å²) in [5, 5.41) is 19.0. The summed E-state index contributed by atoms with van der Waals surface area (Å²) in [6.45, 7) is 3.83. The van der Waals surface area contributed by atoms with Crippen molar-refractivity contribution in [1.29, 1.82) is 0 Å². The Labute approximate surface area is 202 Å². The first kappa shape index (κ1) is 25.2. The van der Waals surface area contributed by atoms with Crippen LogP contribution in [0.1, 0.15) is 25.0 Å². The van der Waals surface area contributed by atoms with E-state index in [4.69, 9.17) is 0 Å². The Morgan fingerprint density at radius 3 is 2.40 bits per heavy atom. The summed E-state index contributed by atoms with van der Waals surface area (Å²) in [5.74, 6) is -0.554. The van der Waals surface area contributed by atoms with Crippen LogP contribution in [0.5, 0.6) is 0 Å². The highest BCUT2D eigenvalue weighted by Gasteiger charge is 2.13. The Morgan fingerprint density at radius 1 is 1.00 bits per heavy atom. The summed E-state index contributed by atoms with van der Waals surface area (Å²) >= 11 is 0. The zero-order chi connectivity index (χ0) is 25.4. The third-order valence-electron chi connectivity index (χ3n) is 5.21. The fourth-order valence-corrected chi connectivity index (χ4v) is 3.40. The summed E-state index contributed by atoms with van der Waals surface area (Å²) in [6, 6.07) is 17.5. The molecule has 10 heteroatoms. The molecule has 0 saturated heterocycles. The fraction of sp³-hybridized carbons (Fsp3) is 0.240. The number of carboxylic acid groups (broad SMARTS) is 1. The molecule has 0 radical (unpaired) electrons. The molecule has 0 saturated carbocycles. The Hall–Kier alpha value is -4.47. The summed E-state index contributed by atoms with van der Waals surface area (Å²) in [6.07, 6.45) is -1.04. The predicted molar refractivity (Wildman–Crippen MR) is 131 cm³/mol. The second-order valence-electron chi connectivity index (χ2n) is 7.79. The van der Waals surface area contributed by atoms with Crippen LogP contribution in [0.25, 0.3) is 11.3 Å². The summed E-state index contributed by atoms with van der Waals surface area (Å²) in [4.78, 5) is 47.7. The van der Waals surface area contributed by atoms with Crippen LogP contribution in [-0.4, -0.2) is 45.9 Å². The molecular formula is C25H27N5O5. The van der Waals surface area contributed by atoms with Crippen molar-refractivity contribution < 1.29 is 19.5 Å². The van der Waals surface area contributed by atoms with Crippen LogP contribution in [0, 0.1) is 0 Å². The van der Waals surface area contributed by atoms with Gasteiger partial charge in [0.15, 0.2) is 0 Å². The van der Waals surface area contributed by atoms with Gasteiger partial charge in [0.05, 0.1) is 18.8 Å². The van der Waals surface area contributed by atoms with Gasteiger partial charge in [-0.05, 0) is 36.2 Å². The van der Waals surface area contributed by atoms with E-state index >= 15 is 0 Å². The number of nitrogens with zero attached hydrogens (tertiary/aromatic N) is 3. The van der Waals surface area contributed by atoms with E-state index in [1.807, 2.05) is 30.3 Å². The summed E-state index contributed by atoms with van der Waals surface area (Å²) in [7, 11) is 0. The Bertz CT molecular complexity index is 1270. The van der Waals surface area contributed by atoms with Crippen molar-refractivity contribution in [2.75, 3.05) is 18.0 Å². The molecule has 0 atom stereocenters. The third-order valence-corrected chi connectivity index (χ3v) is 5.21. The standard InChI is InChI=1S/C25H27N5O5/c1-3-29(25(34)35)21-6-4-5-19(13-21)16-30-24(33)12-11-22(28-30)20-9-7-18(8-10-20)14-27-23(32)15-26-17(2)31/h4-13H,3,14-16H2,1-2H3,(H,26,31)(H,27,32)(H,34,35). The minimum Gasteiger partial charge on any atom is -0.465 e. The molecule has 35 heavy (non-hydrogen) atoms. The molecule has 0 aliphatic heterocycles. The number of carbonyl (C=O) groups is 3. The van der Waals surface area contributed by atoms with Gasteiger partial charge in [-0.25, -0.2) is 9.48 Å². The zero-order valence-electron chi connectivity index (χ0n) is 19.5. The lowest BCUT2D eigenvalue weighted by Crippen LogP contribution is -2.35. The highest BCUT2D eigenvalue weighted by molar-refractivity contribution is 5.86. The van der Waals surface area contributed by atoms with E-state index in [1.54, 1.807) is 31.2 Å². The Morgan fingerprint density at radius 2 is 1.74 bits per heavy atom. The van der Waals surface area contributed by atoms with Gasteiger partial charge < -0.3 is 15.7 Å². The second-order valence-corrected chi connectivity index (χ2v) is 7.79. The number of anilines is 1. The monoisotopic (exact) mass is 477 g/mol. The molecule has 10 nitrogen and oxygen atoms in total. The van der Waals surface area contributed by atoms with Gasteiger partial charge in [0, 0.05) is 37.3 Å². The van der Waals surface area contributed by atoms with Gasteiger partial charge in [-0.2, -0.15) is 5.10 Å². The highest BCUT2D eigenvalue weighted by Crippen LogP contribution is 2.19. The number of rotatable bonds is 9. The van der Waals surface area contributed by atoms with Crippen LogP contribution in [0.4, 0.5) is 10.5 Å². The number of amides is 3. The van der Waals surface area contributed by atoms with Crippen molar-refractivity contribution >= 4 is 23.6 Å². The summed E-state index contributed by atoms with van der Waals surface area (Å²) < 4.78 is 1.33. The molecule has 0 aliphatic carbocycles. The van der Waals surface area contributed by atoms with E-state index in [9.17, 15) is 24.3 Å². The Kier molecular flexibility index (Phi) is 8.33. The number of aromatic nitrogens is 2. The van der Waals surface area contributed by atoms with Crippen molar-refractivity contribution in [2.45, 2.75) is 26.9 Å². The first-order valence-electron chi connectivity index (χ1n) is 11.0. The minimum absolute atomic E-state index is 0.0748. The first-order valence-corrected chi connectivity index (χ1v) is 11.0. The van der Waals surface area contributed by atoms with Crippen molar-refractivity contribution in [3.8, 4) is 11.3 Å². The molecule has 3 rings (SSSR count). The number of carbonyl (C=O) groups excluding carboxylic acids is 2. The first-order chi connectivity index (χ1) is 16.8. The molecule has 0 fully saturated rings. The van der Waals surface area contributed by atoms with Gasteiger partial charge in [-0.3, -0.25) is 19.3 Å². The number of hydrogen-bond donors (Lipinski definition) is 3.